The zero-order chi connectivity index (χ0) is 21.7. The van der Waals surface area contributed by atoms with Gasteiger partial charge in [-0.15, -0.1) is 5.10 Å². The lowest BCUT2D eigenvalue weighted by Gasteiger charge is -2.11. The number of nitrogens with two attached hydrogens (primary N) is 1. The number of ether oxygens (including phenoxy) is 2. The fourth-order valence-corrected chi connectivity index (χ4v) is 3.12. The number of amides is 1. The Morgan fingerprint density at radius 3 is 2.73 bits per heavy atom. The molecule has 30 heavy (non-hydrogen) atoms. The van der Waals surface area contributed by atoms with Crippen LogP contribution in [0.3, 0.4) is 0 Å². The Kier molecular flexibility index (Phi) is 6.45. The van der Waals surface area contributed by atoms with Crippen LogP contribution in [0.4, 0.5) is 5.95 Å². The molecule has 0 spiro atoms. The Morgan fingerprint density at radius 1 is 1.20 bits per heavy atom. The zero-order valence-electron chi connectivity index (χ0n) is 17.1. The van der Waals surface area contributed by atoms with Crippen molar-refractivity contribution in [2.75, 3.05) is 19.5 Å². The van der Waals surface area contributed by atoms with Crippen LogP contribution >= 0.6 is 0 Å². The molecular formula is C20H24N6O4. The van der Waals surface area contributed by atoms with Gasteiger partial charge in [0.05, 0.1) is 7.11 Å². The number of hydrogen-bond donors (Lipinski definition) is 2. The molecule has 0 saturated heterocycles. The number of fused-ring (bicyclic) bond motifs is 1. The molecule has 1 amide bonds. The van der Waals surface area contributed by atoms with E-state index in [1.54, 1.807) is 11.6 Å². The van der Waals surface area contributed by atoms with E-state index in [1.807, 2.05) is 38.1 Å². The number of carbonyl (C=O) groups is 2. The van der Waals surface area contributed by atoms with E-state index in [0.717, 1.165) is 22.5 Å². The van der Waals surface area contributed by atoms with Crippen LogP contribution in [-0.2, 0) is 27.3 Å². The number of nitrogens with zero attached hydrogens (tertiary/aromatic N) is 4. The van der Waals surface area contributed by atoms with Gasteiger partial charge >= 0.3 is 5.97 Å². The Hall–Kier alpha value is -3.69. The van der Waals surface area contributed by atoms with Gasteiger partial charge in [0.15, 0.2) is 6.61 Å². The molecule has 3 N–H and O–H groups in total. The molecule has 3 rings (SSSR count). The first-order valence-corrected chi connectivity index (χ1v) is 9.41. The predicted octanol–water partition coefficient (Wildman–Crippen LogP) is 1.12. The normalized spacial score (nSPS) is 10.8. The summed E-state index contributed by atoms with van der Waals surface area (Å²) in [6.07, 6.45) is 0.515. The van der Waals surface area contributed by atoms with Crippen molar-refractivity contribution >= 4 is 23.6 Å². The minimum absolute atomic E-state index is 0.110. The number of rotatable bonds is 8. The fraction of sp³-hybridized carbons (Fsp3) is 0.350. The lowest BCUT2D eigenvalue weighted by atomic mass is 10.1. The fourth-order valence-electron chi connectivity index (χ4n) is 3.12. The van der Waals surface area contributed by atoms with Gasteiger partial charge in [0.2, 0.25) is 5.95 Å². The summed E-state index contributed by atoms with van der Waals surface area (Å²) in [5.41, 5.74) is 8.88. The molecular weight excluding hydrogens is 388 g/mol. The molecule has 0 fully saturated rings. The largest absolute Gasteiger partial charge is 0.496 e. The van der Waals surface area contributed by atoms with Gasteiger partial charge in [0, 0.05) is 29.9 Å². The maximum absolute atomic E-state index is 12.1. The molecule has 10 heteroatoms. The van der Waals surface area contributed by atoms with Crippen LogP contribution in [0.15, 0.2) is 24.3 Å². The molecule has 10 nitrogen and oxygen atoms in total. The third-order valence-electron chi connectivity index (χ3n) is 4.68. The summed E-state index contributed by atoms with van der Waals surface area (Å²) in [5, 5.41) is 6.81. The third-order valence-corrected chi connectivity index (χ3v) is 4.68. The van der Waals surface area contributed by atoms with Gasteiger partial charge in [-0.05, 0) is 31.9 Å². The first-order valence-electron chi connectivity index (χ1n) is 9.41. The summed E-state index contributed by atoms with van der Waals surface area (Å²) >= 11 is 0. The standard InChI is InChI=1S/C20H24N6O4/c1-12-15(13(2)26-20(23-12)24-19(21)25-26)8-9-18(28)30-11-17(27)22-10-14-6-4-5-7-16(14)29-3/h4-7H,8-11H2,1-3H3,(H2,21,25)(H,22,27). The molecule has 0 atom stereocenters. The van der Waals surface area contributed by atoms with Crippen molar-refractivity contribution in [2.45, 2.75) is 33.2 Å². The summed E-state index contributed by atoms with van der Waals surface area (Å²) in [4.78, 5) is 32.5. The number of anilines is 1. The van der Waals surface area contributed by atoms with E-state index in [9.17, 15) is 9.59 Å². The molecule has 0 aliphatic heterocycles. The van der Waals surface area contributed by atoms with Crippen LogP contribution < -0.4 is 15.8 Å². The van der Waals surface area contributed by atoms with Crippen molar-refractivity contribution in [3.63, 3.8) is 0 Å². The number of para-hydroxylation sites is 1. The lowest BCUT2D eigenvalue weighted by molar-refractivity contribution is -0.148. The highest BCUT2D eigenvalue weighted by atomic mass is 16.5. The summed E-state index contributed by atoms with van der Waals surface area (Å²) < 4.78 is 11.9. The quantitative estimate of drug-likeness (QED) is 0.526. The van der Waals surface area contributed by atoms with E-state index in [0.29, 0.717) is 17.9 Å². The number of nitrogens with one attached hydrogen (secondary N) is 1. The number of esters is 1. The van der Waals surface area contributed by atoms with Crippen molar-refractivity contribution in [1.82, 2.24) is 24.9 Å². The lowest BCUT2D eigenvalue weighted by Crippen LogP contribution is -2.28. The summed E-state index contributed by atoms with van der Waals surface area (Å²) in [7, 11) is 1.57. The van der Waals surface area contributed by atoms with Crippen molar-refractivity contribution < 1.29 is 19.1 Å². The highest BCUT2D eigenvalue weighted by molar-refractivity contribution is 5.80. The van der Waals surface area contributed by atoms with Crippen molar-refractivity contribution in [3.05, 3.63) is 46.8 Å². The van der Waals surface area contributed by atoms with Crippen LogP contribution in [0.1, 0.15) is 28.9 Å². The van der Waals surface area contributed by atoms with E-state index in [1.165, 1.54) is 0 Å². The molecule has 3 aromatic rings. The topological polar surface area (TPSA) is 134 Å². The van der Waals surface area contributed by atoms with E-state index in [2.05, 4.69) is 20.4 Å². The van der Waals surface area contributed by atoms with Gasteiger partial charge in [0.1, 0.15) is 5.75 Å². The summed E-state index contributed by atoms with van der Waals surface area (Å²) in [6, 6.07) is 7.36. The number of hydrogen-bond acceptors (Lipinski definition) is 8. The van der Waals surface area contributed by atoms with Gasteiger partial charge in [-0.25, -0.2) is 4.98 Å². The maximum Gasteiger partial charge on any atom is 0.306 e. The number of aryl methyl sites for hydroxylation is 2. The van der Waals surface area contributed by atoms with Crippen molar-refractivity contribution in [2.24, 2.45) is 0 Å². The first kappa shape index (κ1) is 21.0. The van der Waals surface area contributed by atoms with Crippen LogP contribution in [0.25, 0.3) is 5.78 Å². The highest BCUT2D eigenvalue weighted by Crippen LogP contribution is 2.17. The Morgan fingerprint density at radius 2 is 1.97 bits per heavy atom. The molecule has 0 aliphatic rings. The van der Waals surface area contributed by atoms with Crippen LogP contribution in [0.2, 0.25) is 0 Å². The number of carbonyl (C=O) groups excluding carboxylic acids is 2. The van der Waals surface area contributed by atoms with Gasteiger partial charge in [-0.3, -0.25) is 9.59 Å². The highest BCUT2D eigenvalue weighted by Gasteiger charge is 2.15. The second-order valence-electron chi connectivity index (χ2n) is 6.69. The van der Waals surface area contributed by atoms with Gasteiger partial charge in [-0.2, -0.15) is 9.50 Å². The number of benzene rings is 1. The average Bonchev–Trinajstić information content (AvgIpc) is 3.10. The minimum Gasteiger partial charge on any atom is -0.496 e. The molecule has 0 saturated carbocycles. The summed E-state index contributed by atoms with van der Waals surface area (Å²) in [5.74, 6) is 0.378. The van der Waals surface area contributed by atoms with E-state index >= 15 is 0 Å². The molecule has 1 aromatic carbocycles. The second-order valence-corrected chi connectivity index (χ2v) is 6.69. The van der Waals surface area contributed by atoms with Crippen LogP contribution in [-0.4, -0.2) is 45.2 Å². The van der Waals surface area contributed by atoms with Crippen molar-refractivity contribution in [3.8, 4) is 5.75 Å². The molecule has 0 aliphatic carbocycles. The first-order chi connectivity index (χ1) is 14.4. The van der Waals surface area contributed by atoms with E-state index < -0.39 is 5.97 Å². The molecule has 0 unspecified atom stereocenters. The Bertz CT molecular complexity index is 1080. The SMILES string of the molecule is COc1ccccc1CNC(=O)COC(=O)CCc1c(C)nc2nc(N)nn2c1C. The molecule has 2 aromatic heterocycles. The van der Waals surface area contributed by atoms with Gasteiger partial charge in [-0.1, -0.05) is 18.2 Å². The maximum atomic E-state index is 12.1. The average molecular weight is 412 g/mol. The minimum atomic E-state index is -0.473. The number of methoxy groups -OCH3 is 1. The molecule has 2 heterocycles. The second kappa shape index (κ2) is 9.21. The zero-order valence-corrected chi connectivity index (χ0v) is 17.1. The molecule has 158 valence electrons. The van der Waals surface area contributed by atoms with E-state index in [-0.39, 0.29) is 31.4 Å². The monoisotopic (exact) mass is 412 g/mol. The van der Waals surface area contributed by atoms with Crippen LogP contribution in [0, 0.1) is 13.8 Å². The molecule has 0 bridgehead atoms. The Balaban J connectivity index is 1.49. The smallest absolute Gasteiger partial charge is 0.306 e. The van der Waals surface area contributed by atoms with Crippen molar-refractivity contribution in [1.29, 1.82) is 0 Å². The number of aromatic nitrogens is 4. The van der Waals surface area contributed by atoms with E-state index in [4.69, 9.17) is 15.2 Å². The predicted molar refractivity (Wildman–Crippen MR) is 109 cm³/mol. The number of nitrogen functional groups attached to an aromatic ring is 1. The molecule has 0 radical (unpaired) electrons. The van der Waals surface area contributed by atoms with Crippen LogP contribution in [0.5, 0.6) is 5.75 Å². The van der Waals surface area contributed by atoms with Gasteiger partial charge in [0.25, 0.3) is 11.7 Å². The Labute approximate surface area is 173 Å². The van der Waals surface area contributed by atoms with Gasteiger partial charge < -0.3 is 20.5 Å². The third kappa shape index (κ3) is 4.83. The summed E-state index contributed by atoms with van der Waals surface area (Å²) in [6.45, 7) is 3.64.